The fraction of sp³-hybridized carbons (Fsp3) is 0.812. The predicted octanol–water partition coefficient (Wildman–Crippen LogP) is 3.66. The number of ether oxygens (including phenoxy) is 1. The number of hydrogen-bond acceptors (Lipinski definition) is 4. The molecule has 2 atom stereocenters. The van der Waals surface area contributed by atoms with Gasteiger partial charge in [0.1, 0.15) is 6.61 Å². The summed E-state index contributed by atoms with van der Waals surface area (Å²) in [6, 6.07) is 2.45. The van der Waals surface area contributed by atoms with Crippen LogP contribution in [0.4, 0.5) is 0 Å². The van der Waals surface area contributed by atoms with Gasteiger partial charge in [-0.05, 0) is 18.8 Å². The number of hydrogen-bond donors (Lipinski definition) is 1. The van der Waals surface area contributed by atoms with E-state index in [1.807, 2.05) is 6.07 Å². The third-order valence-electron chi connectivity index (χ3n) is 4.07. The van der Waals surface area contributed by atoms with E-state index in [0.717, 1.165) is 23.9 Å². The average molecular weight is 280 g/mol. The van der Waals surface area contributed by atoms with Crippen LogP contribution in [0.15, 0.2) is 10.6 Å². The largest absolute Gasteiger partial charge is 0.370 e. The van der Waals surface area contributed by atoms with Gasteiger partial charge in [-0.1, -0.05) is 45.2 Å². The molecule has 4 nitrogen and oxygen atoms in total. The van der Waals surface area contributed by atoms with Crippen LogP contribution in [0.1, 0.15) is 64.3 Å². The lowest BCUT2D eigenvalue weighted by Gasteiger charge is -2.28. The van der Waals surface area contributed by atoms with E-state index in [2.05, 4.69) is 31.2 Å². The highest BCUT2D eigenvalue weighted by atomic mass is 16.5. The smallest absolute Gasteiger partial charge is 0.162 e. The van der Waals surface area contributed by atoms with Crippen molar-refractivity contribution >= 4 is 0 Å². The van der Waals surface area contributed by atoms with Crippen molar-refractivity contribution in [3.05, 3.63) is 17.5 Å². The minimum atomic E-state index is 0.399. The molecule has 1 N–H and O–H groups in total. The lowest BCUT2D eigenvalue weighted by molar-refractivity contribution is -0.00711. The Balaban J connectivity index is 1.73. The summed E-state index contributed by atoms with van der Waals surface area (Å²) in [4.78, 5) is 0. The van der Waals surface area contributed by atoms with Gasteiger partial charge in [-0.25, -0.2) is 0 Å². The normalized spacial score (nSPS) is 23.4. The van der Waals surface area contributed by atoms with Crippen molar-refractivity contribution in [3.8, 4) is 0 Å². The number of nitrogens with one attached hydrogen (secondary N) is 1. The zero-order valence-electron chi connectivity index (χ0n) is 13.0. The summed E-state index contributed by atoms with van der Waals surface area (Å²) in [5.74, 6) is 1.68. The number of rotatable bonds is 7. The highest BCUT2D eigenvalue weighted by molar-refractivity contribution is 5.04. The minimum Gasteiger partial charge on any atom is -0.370 e. The van der Waals surface area contributed by atoms with Gasteiger partial charge in [-0.3, -0.25) is 0 Å². The molecule has 1 aliphatic rings. The molecule has 0 radical (unpaired) electrons. The molecule has 0 saturated heterocycles. The lowest BCUT2D eigenvalue weighted by Crippen LogP contribution is -2.22. The van der Waals surface area contributed by atoms with Gasteiger partial charge in [0.05, 0.1) is 11.8 Å². The molecule has 4 heteroatoms. The van der Waals surface area contributed by atoms with E-state index < -0.39 is 0 Å². The van der Waals surface area contributed by atoms with Crippen molar-refractivity contribution < 1.29 is 9.26 Å². The van der Waals surface area contributed by atoms with E-state index in [1.165, 1.54) is 32.1 Å². The SMILES string of the molecule is CCC1CCCC(OCc2cc(CNC(C)C)no2)C1. The molecule has 2 unspecified atom stereocenters. The van der Waals surface area contributed by atoms with Crippen LogP contribution in [0.5, 0.6) is 0 Å². The molecule has 20 heavy (non-hydrogen) atoms. The summed E-state index contributed by atoms with van der Waals surface area (Å²) in [6.07, 6.45) is 6.72. The zero-order valence-corrected chi connectivity index (χ0v) is 13.0. The maximum absolute atomic E-state index is 5.99. The predicted molar refractivity (Wildman–Crippen MR) is 79.3 cm³/mol. The van der Waals surface area contributed by atoms with Crippen LogP contribution < -0.4 is 5.32 Å². The van der Waals surface area contributed by atoms with Crippen LogP contribution in [-0.4, -0.2) is 17.3 Å². The van der Waals surface area contributed by atoms with E-state index in [1.54, 1.807) is 0 Å². The first kappa shape index (κ1) is 15.5. The van der Waals surface area contributed by atoms with Crippen LogP contribution in [0.2, 0.25) is 0 Å². The molecule has 0 aliphatic heterocycles. The lowest BCUT2D eigenvalue weighted by atomic mass is 9.85. The Morgan fingerprint density at radius 2 is 2.30 bits per heavy atom. The molecule has 1 aromatic heterocycles. The van der Waals surface area contributed by atoms with Crippen LogP contribution in [0.3, 0.4) is 0 Å². The van der Waals surface area contributed by atoms with Crippen LogP contribution in [-0.2, 0) is 17.9 Å². The van der Waals surface area contributed by atoms with Gasteiger partial charge in [0.25, 0.3) is 0 Å². The summed E-state index contributed by atoms with van der Waals surface area (Å²) in [6.45, 7) is 7.82. The summed E-state index contributed by atoms with van der Waals surface area (Å²) >= 11 is 0. The third kappa shape index (κ3) is 4.91. The van der Waals surface area contributed by atoms with Gasteiger partial charge in [-0.2, -0.15) is 0 Å². The van der Waals surface area contributed by atoms with Crippen LogP contribution in [0.25, 0.3) is 0 Å². The molecule has 0 amide bonds. The molecule has 2 rings (SSSR count). The highest BCUT2D eigenvalue weighted by Gasteiger charge is 2.21. The van der Waals surface area contributed by atoms with Gasteiger partial charge in [0.15, 0.2) is 5.76 Å². The molecule has 1 aliphatic carbocycles. The average Bonchev–Trinajstić information content (AvgIpc) is 2.91. The van der Waals surface area contributed by atoms with Crippen LogP contribution >= 0.6 is 0 Å². The first-order chi connectivity index (χ1) is 9.67. The minimum absolute atomic E-state index is 0.399. The van der Waals surface area contributed by atoms with E-state index in [4.69, 9.17) is 9.26 Å². The summed E-state index contributed by atoms with van der Waals surface area (Å²) in [7, 11) is 0. The molecule has 1 heterocycles. The van der Waals surface area contributed by atoms with Crippen molar-refractivity contribution in [1.82, 2.24) is 10.5 Å². The Morgan fingerprint density at radius 1 is 1.45 bits per heavy atom. The van der Waals surface area contributed by atoms with Crippen molar-refractivity contribution in [2.45, 2.75) is 78.2 Å². The van der Waals surface area contributed by atoms with E-state index in [0.29, 0.717) is 18.8 Å². The second-order valence-corrected chi connectivity index (χ2v) is 6.19. The van der Waals surface area contributed by atoms with Gasteiger partial charge in [-0.15, -0.1) is 0 Å². The van der Waals surface area contributed by atoms with Crippen molar-refractivity contribution in [2.24, 2.45) is 5.92 Å². The molecule has 1 fully saturated rings. The standard InChI is InChI=1S/C16H28N2O2/c1-4-13-6-5-7-15(8-13)19-11-16-9-14(18-20-16)10-17-12(2)3/h9,12-13,15,17H,4-8,10-11H2,1-3H3. The number of aromatic nitrogens is 1. The third-order valence-corrected chi connectivity index (χ3v) is 4.07. The fourth-order valence-corrected chi connectivity index (χ4v) is 2.78. The van der Waals surface area contributed by atoms with Crippen molar-refractivity contribution in [1.29, 1.82) is 0 Å². The van der Waals surface area contributed by atoms with E-state index in [9.17, 15) is 0 Å². The maximum Gasteiger partial charge on any atom is 0.162 e. The zero-order chi connectivity index (χ0) is 14.4. The van der Waals surface area contributed by atoms with Crippen molar-refractivity contribution in [2.75, 3.05) is 0 Å². The Kier molecular flexibility index (Phi) is 6.05. The van der Waals surface area contributed by atoms with Gasteiger partial charge >= 0.3 is 0 Å². The van der Waals surface area contributed by atoms with E-state index in [-0.39, 0.29) is 0 Å². The molecular weight excluding hydrogens is 252 g/mol. The quantitative estimate of drug-likeness (QED) is 0.828. The Morgan fingerprint density at radius 3 is 3.05 bits per heavy atom. The summed E-state index contributed by atoms with van der Waals surface area (Å²) in [5, 5.41) is 7.40. The topological polar surface area (TPSA) is 47.3 Å². The fourth-order valence-electron chi connectivity index (χ4n) is 2.78. The Bertz CT molecular complexity index is 390. The van der Waals surface area contributed by atoms with E-state index >= 15 is 0 Å². The van der Waals surface area contributed by atoms with Gasteiger partial charge in [0, 0.05) is 18.7 Å². The maximum atomic E-state index is 5.99. The second kappa shape index (κ2) is 7.79. The first-order valence-electron chi connectivity index (χ1n) is 7.96. The second-order valence-electron chi connectivity index (χ2n) is 6.19. The summed E-state index contributed by atoms with van der Waals surface area (Å²) < 4.78 is 11.3. The molecule has 0 aromatic carbocycles. The first-order valence-corrected chi connectivity index (χ1v) is 7.96. The van der Waals surface area contributed by atoms with Crippen LogP contribution in [0, 0.1) is 5.92 Å². The van der Waals surface area contributed by atoms with Gasteiger partial charge < -0.3 is 14.6 Å². The highest BCUT2D eigenvalue weighted by Crippen LogP contribution is 2.28. The molecule has 0 bridgehead atoms. The van der Waals surface area contributed by atoms with Gasteiger partial charge in [0.2, 0.25) is 0 Å². The Hall–Kier alpha value is -0.870. The molecule has 1 aromatic rings. The molecule has 1 saturated carbocycles. The monoisotopic (exact) mass is 280 g/mol. The molecular formula is C16H28N2O2. The number of nitrogens with zero attached hydrogens (tertiary/aromatic N) is 1. The molecule has 114 valence electrons. The molecule has 0 spiro atoms. The summed E-state index contributed by atoms with van der Waals surface area (Å²) in [5.41, 5.74) is 0.951. The Labute approximate surface area is 122 Å². The van der Waals surface area contributed by atoms with Crippen molar-refractivity contribution in [3.63, 3.8) is 0 Å².